The summed E-state index contributed by atoms with van der Waals surface area (Å²) >= 11 is 12.0. The molecule has 3 rings (SSSR count). The Kier molecular flexibility index (Phi) is 6.07. The van der Waals surface area contributed by atoms with Crippen molar-refractivity contribution >= 4 is 39.2 Å². The summed E-state index contributed by atoms with van der Waals surface area (Å²) in [4.78, 5) is 12.4. The molecule has 2 aromatic rings. The smallest absolute Gasteiger partial charge is 0.326 e. The van der Waals surface area contributed by atoms with Crippen LogP contribution in [0, 0.1) is 28.6 Å². The molecule has 0 spiro atoms. The molecule has 7 nitrogen and oxygen atoms in total. The summed E-state index contributed by atoms with van der Waals surface area (Å²) in [7, 11) is -4.21. The van der Waals surface area contributed by atoms with Crippen LogP contribution in [0.2, 0.25) is 10.0 Å². The lowest BCUT2D eigenvalue weighted by Crippen LogP contribution is -2.50. The third-order valence-electron chi connectivity index (χ3n) is 4.81. The molecule has 0 saturated carbocycles. The molecule has 2 unspecified atom stereocenters. The van der Waals surface area contributed by atoms with Gasteiger partial charge in [-0.15, -0.1) is 0 Å². The molecule has 1 aliphatic heterocycles. The molecule has 154 valence electrons. The van der Waals surface area contributed by atoms with Gasteiger partial charge >= 0.3 is 5.97 Å². The Morgan fingerprint density at radius 1 is 1.20 bits per heavy atom. The van der Waals surface area contributed by atoms with Crippen molar-refractivity contribution in [3.8, 4) is 12.1 Å². The first-order valence-corrected chi connectivity index (χ1v) is 11.0. The zero-order valence-electron chi connectivity index (χ0n) is 15.7. The van der Waals surface area contributed by atoms with Crippen molar-refractivity contribution in [1.82, 2.24) is 4.31 Å². The second-order valence-corrected chi connectivity index (χ2v) is 9.09. The highest BCUT2D eigenvalue weighted by Gasteiger charge is 2.61. The molecule has 0 fully saturated rings. The second kappa shape index (κ2) is 8.25. The summed E-state index contributed by atoms with van der Waals surface area (Å²) in [6.07, 6.45) is 0. The van der Waals surface area contributed by atoms with Crippen molar-refractivity contribution in [3.05, 3.63) is 63.6 Å². The molecule has 0 radical (unpaired) electrons. The van der Waals surface area contributed by atoms with E-state index in [1.807, 2.05) is 6.07 Å². The van der Waals surface area contributed by atoms with E-state index in [0.717, 1.165) is 4.31 Å². The molecule has 0 N–H and O–H groups in total. The topological polar surface area (TPSA) is 111 Å². The molecular weight excluding hydrogens is 449 g/mol. The molecule has 0 saturated heterocycles. The predicted molar refractivity (Wildman–Crippen MR) is 109 cm³/mol. The molecule has 10 heteroatoms. The van der Waals surface area contributed by atoms with E-state index in [9.17, 15) is 23.7 Å². The summed E-state index contributed by atoms with van der Waals surface area (Å²) in [5, 5.41) is 20.5. The number of hydrogen-bond donors (Lipinski definition) is 0. The fourth-order valence-corrected chi connectivity index (χ4v) is 5.74. The lowest BCUT2D eigenvalue weighted by molar-refractivity contribution is -0.149. The minimum atomic E-state index is -4.21. The molecule has 0 amide bonds. The molecule has 0 aromatic heterocycles. The number of esters is 1. The number of sulfonamides is 1. The fraction of sp³-hybridized carbons (Fsp3) is 0.250. The standard InChI is InChI=1S/C20H15Cl2N3O4S/c1-2-29-19(26)15(10-23)20(12-24)14-5-3-4-6-18(14)30(27,28)25(20)11-13-7-8-16(21)17(22)9-13/h3-9,15H,2,11H2,1H3. The van der Waals surface area contributed by atoms with Crippen LogP contribution in [0.5, 0.6) is 0 Å². The van der Waals surface area contributed by atoms with E-state index in [0.29, 0.717) is 5.56 Å². The van der Waals surface area contributed by atoms with Gasteiger partial charge in [-0.2, -0.15) is 14.8 Å². The number of carbonyl (C=O) groups is 1. The quantitative estimate of drug-likeness (QED) is 0.625. The van der Waals surface area contributed by atoms with Crippen LogP contribution >= 0.6 is 23.2 Å². The van der Waals surface area contributed by atoms with Crippen molar-refractivity contribution in [1.29, 1.82) is 10.5 Å². The Labute approximate surface area is 184 Å². The van der Waals surface area contributed by atoms with Gasteiger partial charge in [0, 0.05) is 12.1 Å². The maximum absolute atomic E-state index is 13.4. The maximum atomic E-state index is 13.4. The predicted octanol–water partition coefficient (Wildman–Crippen LogP) is 3.62. The Morgan fingerprint density at radius 2 is 1.90 bits per heavy atom. The van der Waals surface area contributed by atoms with Gasteiger partial charge in [-0.25, -0.2) is 8.42 Å². The Hall–Kier alpha value is -2.62. The molecule has 1 heterocycles. The van der Waals surface area contributed by atoms with Crippen molar-refractivity contribution in [2.45, 2.75) is 23.9 Å². The SMILES string of the molecule is CCOC(=O)C(C#N)C1(C#N)c2ccccc2S(=O)(=O)N1Cc1ccc(Cl)c(Cl)c1. The highest BCUT2D eigenvalue weighted by molar-refractivity contribution is 7.89. The van der Waals surface area contributed by atoms with Gasteiger partial charge in [-0.3, -0.25) is 4.79 Å². The summed E-state index contributed by atoms with van der Waals surface area (Å²) in [6.45, 7) is 1.22. The average molecular weight is 464 g/mol. The summed E-state index contributed by atoms with van der Waals surface area (Å²) < 4.78 is 32.6. The van der Waals surface area contributed by atoms with Gasteiger partial charge in [-0.1, -0.05) is 47.5 Å². The molecule has 0 aliphatic carbocycles. The fourth-order valence-electron chi connectivity index (χ4n) is 3.48. The monoisotopic (exact) mass is 463 g/mol. The van der Waals surface area contributed by atoms with E-state index in [1.165, 1.54) is 30.3 Å². The van der Waals surface area contributed by atoms with Crippen molar-refractivity contribution in [2.24, 2.45) is 5.92 Å². The van der Waals surface area contributed by atoms with E-state index in [-0.39, 0.29) is 33.7 Å². The number of rotatable bonds is 5. The van der Waals surface area contributed by atoms with E-state index < -0.39 is 27.4 Å². The van der Waals surface area contributed by atoms with Gasteiger partial charge in [0.2, 0.25) is 10.0 Å². The van der Waals surface area contributed by atoms with Gasteiger partial charge in [0.25, 0.3) is 0 Å². The maximum Gasteiger partial charge on any atom is 0.326 e. The highest BCUT2D eigenvalue weighted by Crippen LogP contribution is 2.49. The minimum absolute atomic E-state index is 0.0281. The molecule has 30 heavy (non-hydrogen) atoms. The van der Waals surface area contributed by atoms with Crippen LogP contribution in [0.15, 0.2) is 47.4 Å². The number of halogens is 2. The van der Waals surface area contributed by atoms with Crippen LogP contribution < -0.4 is 0 Å². The summed E-state index contributed by atoms with van der Waals surface area (Å²) in [5.41, 5.74) is -1.63. The number of benzene rings is 2. The van der Waals surface area contributed by atoms with Gasteiger partial charge in [0.15, 0.2) is 11.5 Å². The first-order valence-electron chi connectivity index (χ1n) is 8.77. The largest absolute Gasteiger partial charge is 0.465 e. The van der Waals surface area contributed by atoms with Crippen LogP contribution in [-0.4, -0.2) is 25.3 Å². The molecule has 2 atom stereocenters. The minimum Gasteiger partial charge on any atom is -0.465 e. The van der Waals surface area contributed by atoms with Crippen LogP contribution in [0.3, 0.4) is 0 Å². The normalized spacial score (nSPS) is 20.6. The van der Waals surface area contributed by atoms with Crippen molar-refractivity contribution in [3.63, 3.8) is 0 Å². The summed E-state index contributed by atoms with van der Waals surface area (Å²) in [5.74, 6) is -2.68. The van der Waals surface area contributed by atoms with Crippen molar-refractivity contribution in [2.75, 3.05) is 6.61 Å². The number of nitrogens with zero attached hydrogens (tertiary/aromatic N) is 3. The lowest BCUT2D eigenvalue weighted by atomic mass is 9.79. The van der Waals surface area contributed by atoms with Crippen molar-refractivity contribution < 1.29 is 17.9 Å². The third kappa shape index (κ3) is 3.32. The summed E-state index contributed by atoms with van der Waals surface area (Å²) in [6, 6.07) is 14.1. The Balaban J connectivity index is 2.27. The second-order valence-electron chi connectivity index (χ2n) is 6.45. The van der Waals surface area contributed by atoms with E-state index >= 15 is 0 Å². The number of ether oxygens (including phenoxy) is 1. The van der Waals surface area contributed by atoms with Crippen LogP contribution in [-0.2, 0) is 31.6 Å². The molecule has 0 bridgehead atoms. The van der Waals surface area contributed by atoms with Gasteiger partial charge in [-0.05, 0) is 30.7 Å². The number of hydrogen-bond acceptors (Lipinski definition) is 6. The number of fused-ring (bicyclic) bond motifs is 1. The van der Waals surface area contributed by atoms with Gasteiger partial charge in [0.1, 0.15) is 0 Å². The average Bonchev–Trinajstić information content (AvgIpc) is 2.91. The zero-order chi connectivity index (χ0) is 22.1. The Bertz CT molecular complexity index is 1200. The molecule has 2 aromatic carbocycles. The van der Waals surface area contributed by atoms with E-state index in [4.69, 9.17) is 27.9 Å². The molecule has 1 aliphatic rings. The lowest BCUT2D eigenvalue weighted by Gasteiger charge is -2.33. The first-order chi connectivity index (χ1) is 14.2. The zero-order valence-corrected chi connectivity index (χ0v) is 18.0. The number of nitriles is 2. The molecular formula is C20H15Cl2N3O4S. The van der Waals surface area contributed by atoms with Crippen LogP contribution in [0.4, 0.5) is 0 Å². The van der Waals surface area contributed by atoms with E-state index in [1.54, 1.807) is 25.1 Å². The van der Waals surface area contributed by atoms with Crippen LogP contribution in [0.1, 0.15) is 18.1 Å². The Morgan fingerprint density at radius 3 is 2.50 bits per heavy atom. The first kappa shape index (κ1) is 22.1. The van der Waals surface area contributed by atoms with E-state index in [2.05, 4.69) is 0 Å². The van der Waals surface area contributed by atoms with Gasteiger partial charge in [0.05, 0.1) is 33.7 Å². The van der Waals surface area contributed by atoms with Gasteiger partial charge < -0.3 is 4.74 Å². The van der Waals surface area contributed by atoms with Crippen LogP contribution in [0.25, 0.3) is 0 Å². The highest BCUT2D eigenvalue weighted by atomic mass is 35.5. The third-order valence-corrected chi connectivity index (χ3v) is 7.46. The number of carbonyl (C=O) groups excluding carboxylic acids is 1.